The molecular weight excluding hydrogens is 414 g/mol. The maximum atomic E-state index is 12.7. The van der Waals surface area contributed by atoms with E-state index in [1.54, 1.807) is 0 Å². The topological polar surface area (TPSA) is 106 Å². The third-order valence-corrected chi connectivity index (χ3v) is 5.47. The molecule has 178 valence electrons. The molecular formula is C23H35N3O6. The summed E-state index contributed by atoms with van der Waals surface area (Å²) in [6.07, 6.45) is 4.74. The van der Waals surface area contributed by atoms with E-state index in [1.165, 1.54) is 33.5 Å². The van der Waals surface area contributed by atoms with E-state index in [2.05, 4.69) is 10.9 Å². The molecule has 9 heteroatoms. The monoisotopic (exact) mass is 449 g/mol. The molecule has 9 nitrogen and oxygen atoms in total. The number of hydrogen-bond donors (Lipinski definition) is 2. The molecule has 32 heavy (non-hydrogen) atoms. The number of amides is 3. The Labute approximate surface area is 189 Å². The number of hydrazine groups is 1. The summed E-state index contributed by atoms with van der Waals surface area (Å²) in [5.74, 6) is 0.195. The van der Waals surface area contributed by atoms with Crippen LogP contribution in [-0.2, 0) is 9.59 Å². The van der Waals surface area contributed by atoms with Gasteiger partial charge >= 0.3 is 0 Å². The van der Waals surface area contributed by atoms with E-state index in [0.717, 1.165) is 38.8 Å². The van der Waals surface area contributed by atoms with Gasteiger partial charge in [0.05, 0.1) is 21.3 Å². The highest BCUT2D eigenvalue weighted by molar-refractivity contribution is 5.96. The predicted octanol–water partition coefficient (Wildman–Crippen LogP) is 2.68. The first-order valence-corrected chi connectivity index (χ1v) is 10.9. The van der Waals surface area contributed by atoms with Crippen LogP contribution < -0.4 is 25.1 Å². The number of rotatable bonds is 8. The Morgan fingerprint density at radius 2 is 1.44 bits per heavy atom. The Hall–Kier alpha value is -2.97. The van der Waals surface area contributed by atoms with Gasteiger partial charge < -0.3 is 19.1 Å². The highest BCUT2D eigenvalue weighted by Gasteiger charge is 2.28. The van der Waals surface area contributed by atoms with Gasteiger partial charge in [-0.3, -0.25) is 25.2 Å². The number of hydrogen-bond acceptors (Lipinski definition) is 6. The minimum absolute atomic E-state index is 0.0751. The lowest BCUT2D eigenvalue weighted by atomic mass is 9.85. The second-order valence-corrected chi connectivity index (χ2v) is 8.73. The van der Waals surface area contributed by atoms with E-state index >= 15 is 0 Å². The number of nitrogens with zero attached hydrogens (tertiary/aromatic N) is 1. The molecule has 1 saturated heterocycles. The minimum Gasteiger partial charge on any atom is -0.493 e. The summed E-state index contributed by atoms with van der Waals surface area (Å²) >= 11 is 0. The number of benzene rings is 1. The molecule has 0 aromatic heterocycles. The number of nitrogens with one attached hydrogen (secondary N) is 2. The SMILES string of the molecule is COc1cc(C(=O)NNC(=O)CC(C)(C)CC(=O)N2CCCCCC2)cc(OC)c1OC. The van der Waals surface area contributed by atoms with Crippen molar-refractivity contribution < 1.29 is 28.6 Å². The molecule has 1 aliphatic heterocycles. The summed E-state index contributed by atoms with van der Waals surface area (Å²) in [5, 5.41) is 0. The van der Waals surface area contributed by atoms with E-state index in [0.29, 0.717) is 17.2 Å². The van der Waals surface area contributed by atoms with E-state index in [-0.39, 0.29) is 30.2 Å². The third kappa shape index (κ3) is 7.03. The number of likely N-dealkylation sites (tertiary alicyclic amines) is 1. The molecule has 1 aromatic carbocycles. The zero-order valence-electron chi connectivity index (χ0n) is 19.7. The van der Waals surface area contributed by atoms with Crippen LogP contribution in [0, 0.1) is 5.41 Å². The van der Waals surface area contributed by atoms with Crippen LogP contribution in [0.2, 0.25) is 0 Å². The molecule has 0 spiro atoms. The molecule has 0 unspecified atom stereocenters. The number of carbonyl (C=O) groups is 3. The van der Waals surface area contributed by atoms with Gasteiger partial charge in [-0.15, -0.1) is 0 Å². The highest BCUT2D eigenvalue weighted by Crippen LogP contribution is 2.38. The molecule has 0 atom stereocenters. The fourth-order valence-corrected chi connectivity index (χ4v) is 3.79. The molecule has 0 saturated carbocycles. The van der Waals surface area contributed by atoms with Crippen molar-refractivity contribution in [2.24, 2.45) is 5.41 Å². The first-order valence-electron chi connectivity index (χ1n) is 10.9. The van der Waals surface area contributed by atoms with Gasteiger partial charge in [-0.1, -0.05) is 26.7 Å². The summed E-state index contributed by atoms with van der Waals surface area (Å²) < 4.78 is 15.7. The Balaban J connectivity index is 1.92. The highest BCUT2D eigenvalue weighted by atomic mass is 16.5. The third-order valence-electron chi connectivity index (χ3n) is 5.47. The summed E-state index contributed by atoms with van der Waals surface area (Å²) in [6.45, 7) is 5.32. The van der Waals surface area contributed by atoms with Crippen LogP contribution in [0.5, 0.6) is 17.2 Å². The van der Waals surface area contributed by atoms with Crippen molar-refractivity contribution in [2.45, 2.75) is 52.4 Å². The van der Waals surface area contributed by atoms with E-state index in [4.69, 9.17) is 14.2 Å². The Morgan fingerprint density at radius 3 is 1.94 bits per heavy atom. The van der Waals surface area contributed by atoms with Gasteiger partial charge in [-0.25, -0.2) is 0 Å². The summed E-state index contributed by atoms with van der Waals surface area (Å²) in [4.78, 5) is 39.5. The van der Waals surface area contributed by atoms with Crippen molar-refractivity contribution >= 4 is 17.7 Å². The van der Waals surface area contributed by atoms with E-state index in [9.17, 15) is 14.4 Å². The molecule has 0 bridgehead atoms. The molecule has 0 aliphatic carbocycles. The molecule has 1 aromatic rings. The second-order valence-electron chi connectivity index (χ2n) is 8.73. The molecule has 1 fully saturated rings. The molecule has 3 amide bonds. The fourth-order valence-electron chi connectivity index (χ4n) is 3.79. The lowest BCUT2D eigenvalue weighted by Gasteiger charge is -2.28. The molecule has 1 aliphatic rings. The zero-order chi connectivity index (χ0) is 23.7. The average molecular weight is 450 g/mol. The van der Waals surface area contributed by atoms with Crippen molar-refractivity contribution in [3.8, 4) is 17.2 Å². The van der Waals surface area contributed by atoms with Gasteiger partial charge in [0, 0.05) is 31.5 Å². The Bertz CT molecular complexity index is 791. The van der Waals surface area contributed by atoms with Crippen molar-refractivity contribution in [3.63, 3.8) is 0 Å². The van der Waals surface area contributed by atoms with Crippen LogP contribution in [0.4, 0.5) is 0 Å². The molecule has 1 heterocycles. The van der Waals surface area contributed by atoms with Gasteiger partial charge in [0.25, 0.3) is 5.91 Å². The smallest absolute Gasteiger partial charge is 0.269 e. The number of carbonyl (C=O) groups excluding carboxylic acids is 3. The lowest BCUT2D eigenvalue weighted by molar-refractivity contribution is -0.134. The normalized spacial score (nSPS) is 14.2. The van der Waals surface area contributed by atoms with Crippen LogP contribution in [0.3, 0.4) is 0 Å². The lowest BCUT2D eigenvalue weighted by Crippen LogP contribution is -2.44. The van der Waals surface area contributed by atoms with Gasteiger partial charge in [-0.2, -0.15) is 0 Å². The van der Waals surface area contributed by atoms with Crippen LogP contribution in [0.15, 0.2) is 12.1 Å². The average Bonchev–Trinajstić information content (AvgIpc) is 3.05. The summed E-state index contributed by atoms with van der Waals surface area (Å²) in [6, 6.07) is 2.99. The first-order chi connectivity index (χ1) is 15.2. The molecule has 2 N–H and O–H groups in total. The quantitative estimate of drug-likeness (QED) is 0.591. The van der Waals surface area contributed by atoms with Gasteiger partial charge in [-0.05, 0) is 30.4 Å². The van der Waals surface area contributed by atoms with Crippen LogP contribution in [0.1, 0.15) is 62.7 Å². The standard InChI is InChI=1S/C23H35N3O6/c1-23(2,15-20(28)26-10-8-6-7-9-11-26)14-19(27)24-25-22(29)16-12-17(30-3)21(32-5)18(13-16)31-4/h12-13H,6-11,14-15H2,1-5H3,(H,24,27)(H,25,29). The number of ether oxygens (including phenoxy) is 3. The predicted molar refractivity (Wildman–Crippen MR) is 120 cm³/mol. The van der Waals surface area contributed by atoms with Gasteiger partial charge in [0.2, 0.25) is 17.6 Å². The largest absolute Gasteiger partial charge is 0.493 e. The van der Waals surface area contributed by atoms with Crippen LogP contribution >= 0.6 is 0 Å². The van der Waals surface area contributed by atoms with E-state index < -0.39 is 11.3 Å². The molecule has 0 radical (unpaired) electrons. The molecule has 2 rings (SSSR count). The van der Waals surface area contributed by atoms with Crippen molar-refractivity contribution in [3.05, 3.63) is 17.7 Å². The van der Waals surface area contributed by atoms with Gasteiger partial charge in [0.1, 0.15) is 0 Å². The number of methoxy groups -OCH3 is 3. The Morgan fingerprint density at radius 1 is 0.875 bits per heavy atom. The minimum atomic E-state index is -0.537. The summed E-state index contributed by atoms with van der Waals surface area (Å²) in [7, 11) is 4.38. The van der Waals surface area contributed by atoms with Crippen molar-refractivity contribution in [2.75, 3.05) is 34.4 Å². The maximum Gasteiger partial charge on any atom is 0.269 e. The first kappa shape index (κ1) is 25.3. The Kier molecular flexibility index (Phi) is 9.16. The van der Waals surface area contributed by atoms with Crippen LogP contribution in [0.25, 0.3) is 0 Å². The van der Waals surface area contributed by atoms with Crippen LogP contribution in [-0.4, -0.2) is 57.0 Å². The summed E-state index contributed by atoms with van der Waals surface area (Å²) in [5.41, 5.74) is 4.52. The van der Waals surface area contributed by atoms with E-state index in [1.807, 2.05) is 18.7 Å². The van der Waals surface area contributed by atoms with Crippen molar-refractivity contribution in [1.82, 2.24) is 15.8 Å². The van der Waals surface area contributed by atoms with Crippen molar-refractivity contribution in [1.29, 1.82) is 0 Å². The van der Waals surface area contributed by atoms with Gasteiger partial charge in [0.15, 0.2) is 11.5 Å². The fraction of sp³-hybridized carbons (Fsp3) is 0.609. The second kappa shape index (κ2) is 11.6. The zero-order valence-corrected chi connectivity index (χ0v) is 19.7. The maximum absolute atomic E-state index is 12.7.